The van der Waals surface area contributed by atoms with Crippen LogP contribution in [-0.2, 0) is 18.4 Å². The average Bonchev–Trinajstić information content (AvgIpc) is 2.97. The summed E-state index contributed by atoms with van der Waals surface area (Å²) in [5, 5.41) is 8.38. The molecule has 0 saturated heterocycles. The third-order valence-corrected chi connectivity index (χ3v) is 4.09. The smallest absolute Gasteiger partial charge is 0.228 e. The Balaban J connectivity index is 1.52. The van der Waals surface area contributed by atoms with E-state index in [0.717, 1.165) is 25.2 Å². The van der Waals surface area contributed by atoms with Gasteiger partial charge in [-0.1, -0.05) is 35.5 Å². The van der Waals surface area contributed by atoms with Gasteiger partial charge in [0.15, 0.2) is 5.82 Å². The first-order valence-electron chi connectivity index (χ1n) is 7.23. The van der Waals surface area contributed by atoms with Crippen molar-refractivity contribution in [2.45, 2.75) is 31.2 Å². The minimum atomic E-state index is -0.0191. The molecule has 2 heterocycles. The highest BCUT2D eigenvalue weighted by Gasteiger charge is 2.49. The first-order chi connectivity index (χ1) is 10.4. The Labute approximate surface area is 122 Å². The van der Waals surface area contributed by atoms with Crippen LogP contribution in [0.5, 0.6) is 0 Å². The molecule has 21 heavy (non-hydrogen) atoms. The van der Waals surface area contributed by atoms with Crippen molar-refractivity contribution in [2.24, 2.45) is 0 Å². The SMILES string of the molecule is c1ccc(C2(c3noc(CCn4cccn4)n3)CC2)cc1. The van der Waals surface area contributed by atoms with E-state index in [9.17, 15) is 0 Å². The standard InChI is InChI=1S/C16H16N4O/c1-2-5-13(6-3-1)16(8-9-16)15-18-14(21-19-15)7-12-20-11-4-10-17-20/h1-6,10-11H,7-9,12H2. The van der Waals surface area contributed by atoms with Gasteiger partial charge in [-0.2, -0.15) is 10.1 Å². The summed E-state index contributed by atoms with van der Waals surface area (Å²) in [6.07, 6.45) is 6.60. The fraction of sp³-hybridized carbons (Fsp3) is 0.312. The Morgan fingerprint density at radius 2 is 2.00 bits per heavy atom. The van der Waals surface area contributed by atoms with E-state index in [1.807, 2.05) is 23.0 Å². The number of hydrogen-bond donors (Lipinski definition) is 0. The van der Waals surface area contributed by atoms with Crippen molar-refractivity contribution in [3.8, 4) is 0 Å². The molecule has 0 radical (unpaired) electrons. The van der Waals surface area contributed by atoms with Gasteiger partial charge in [-0.3, -0.25) is 4.68 Å². The average molecular weight is 280 g/mol. The Kier molecular flexibility index (Phi) is 2.84. The predicted octanol–water partition coefficient (Wildman–Crippen LogP) is 2.59. The summed E-state index contributed by atoms with van der Waals surface area (Å²) in [6, 6.07) is 12.4. The maximum Gasteiger partial charge on any atom is 0.228 e. The molecule has 0 aliphatic heterocycles. The molecule has 1 fully saturated rings. The first-order valence-corrected chi connectivity index (χ1v) is 7.23. The molecule has 1 saturated carbocycles. The van der Waals surface area contributed by atoms with Gasteiger partial charge < -0.3 is 4.52 Å². The van der Waals surface area contributed by atoms with Crippen LogP contribution in [0.25, 0.3) is 0 Å². The van der Waals surface area contributed by atoms with Gasteiger partial charge in [-0.25, -0.2) is 0 Å². The van der Waals surface area contributed by atoms with Gasteiger partial charge >= 0.3 is 0 Å². The second-order valence-corrected chi connectivity index (χ2v) is 5.48. The summed E-state index contributed by atoms with van der Waals surface area (Å²) in [4.78, 5) is 4.60. The molecule has 0 spiro atoms. The Morgan fingerprint density at radius 1 is 1.14 bits per heavy atom. The zero-order chi connectivity index (χ0) is 14.1. The van der Waals surface area contributed by atoms with Gasteiger partial charge in [0, 0.05) is 25.4 Å². The molecule has 0 bridgehead atoms. The van der Waals surface area contributed by atoms with Crippen LogP contribution in [-0.4, -0.2) is 19.9 Å². The highest BCUT2D eigenvalue weighted by atomic mass is 16.5. The number of hydrogen-bond acceptors (Lipinski definition) is 4. The van der Waals surface area contributed by atoms with Crippen LogP contribution >= 0.6 is 0 Å². The van der Waals surface area contributed by atoms with E-state index in [1.165, 1.54) is 5.56 Å². The van der Waals surface area contributed by atoms with E-state index >= 15 is 0 Å². The molecule has 106 valence electrons. The Morgan fingerprint density at radius 3 is 2.71 bits per heavy atom. The summed E-state index contributed by atoms with van der Waals surface area (Å²) < 4.78 is 7.28. The highest BCUT2D eigenvalue weighted by molar-refractivity contribution is 5.38. The summed E-state index contributed by atoms with van der Waals surface area (Å²) in [5.74, 6) is 1.51. The molecule has 5 nitrogen and oxygen atoms in total. The van der Waals surface area contributed by atoms with E-state index in [4.69, 9.17) is 4.52 Å². The molecule has 2 aromatic heterocycles. The molecule has 0 unspecified atom stereocenters. The molecular formula is C16H16N4O. The summed E-state index contributed by atoms with van der Waals surface area (Å²) in [6.45, 7) is 0.757. The Bertz CT molecular complexity index is 714. The fourth-order valence-electron chi connectivity index (χ4n) is 2.72. The minimum Gasteiger partial charge on any atom is -0.339 e. The zero-order valence-corrected chi connectivity index (χ0v) is 11.6. The molecule has 3 aromatic rings. The van der Waals surface area contributed by atoms with E-state index in [1.54, 1.807) is 6.20 Å². The number of rotatable bonds is 5. The maximum absolute atomic E-state index is 5.41. The lowest BCUT2D eigenvalue weighted by molar-refractivity contribution is 0.362. The number of aryl methyl sites for hydroxylation is 2. The number of benzene rings is 1. The lowest BCUT2D eigenvalue weighted by atomic mass is 9.95. The summed E-state index contributed by atoms with van der Waals surface area (Å²) in [5.41, 5.74) is 1.26. The summed E-state index contributed by atoms with van der Waals surface area (Å²) >= 11 is 0. The van der Waals surface area contributed by atoms with Crippen molar-refractivity contribution in [3.63, 3.8) is 0 Å². The van der Waals surface area contributed by atoms with Gasteiger partial charge in [0.05, 0.1) is 5.41 Å². The second kappa shape index (κ2) is 4.84. The van der Waals surface area contributed by atoms with Crippen LogP contribution in [0.1, 0.15) is 30.1 Å². The van der Waals surface area contributed by atoms with Crippen LogP contribution < -0.4 is 0 Å². The highest BCUT2D eigenvalue weighted by Crippen LogP contribution is 2.52. The predicted molar refractivity (Wildman–Crippen MR) is 76.7 cm³/mol. The van der Waals surface area contributed by atoms with E-state index < -0.39 is 0 Å². The van der Waals surface area contributed by atoms with E-state index in [-0.39, 0.29) is 5.41 Å². The number of nitrogens with zero attached hydrogens (tertiary/aromatic N) is 4. The molecule has 1 aliphatic rings. The molecule has 0 N–H and O–H groups in total. The van der Waals surface area contributed by atoms with E-state index in [2.05, 4.69) is 39.5 Å². The first kappa shape index (κ1) is 12.3. The van der Waals surface area contributed by atoms with Crippen molar-refractivity contribution in [3.05, 3.63) is 66.1 Å². The van der Waals surface area contributed by atoms with Crippen molar-refractivity contribution in [1.29, 1.82) is 0 Å². The molecule has 0 atom stereocenters. The van der Waals surface area contributed by atoms with E-state index in [0.29, 0.717) is 12.3 Å². The van der Waals surface area contributed by atoms with Gasteiger partial charge in [0.2, 0.25) is 5.89 Å². The molecule has 1 aromatic carbocycles. The lowest BCUT2D eigenvalue weighted by Crippen LogP contribution is -2.11. The molecule has 0 amide bonds. The van der Waals surface area contributed by atoms with Crippen LogP contribution in [0.2, 0.25) is 0 Å². The number of aromatic nitrogens is 4. The van der Waals surface area contributed by atoms with Crippen molar-refractivity contribution in [1.82, 2.24) is 19.9 Å². The van der Waals surface area contributed by atoms with Gasteiger partial charge in [-0.05, 0) is 24.5 Å². The normalized spacial score (nSPS) is 16.0. The van der Waals surface area contributed by atoms with Gasteiger partial charge in [-0.15, -0.1) is 0 Å². The Hall–Kier alpha value is -2.43. The quantitative estimate of drug-likeness (QED) is 0.721. The third-order valence-electron chi connectivity index (χ3n) is 4.09. The molecule has 1 aliphatic carbocycles. The summed E-state index contributed by atoms with van der Waals surface area (Å²) in [7, 11) is 0. The van der Waals surface area contributed by atoms with Crippen LogP contribution in [0.4, 0.5) is 0 Å². The topological polar surface area (TPSA) is 56.7 Å². The van der Waals surface area contributed by atoms with Crippen molar-refractivity contribution in [2.75, 3.05) is 0 Å². The monoisotopic (exact) mass is 280 g/mol. The zero-order valence-electron chi connectivity index (χ0n) is 11.6. The maximum atomic E-state index is 5.41. The van der Waals surface area contributed by atoms with Crippen LogP contribution in [0, 0.1) is 0 Å². The second-order valence-electron chi connectivity index (χ2n) is 5.48. The third kappa shape index (κ3) is 2.24. The largest absolute Gasteiger partial charge is 0.339 e. The van der Waals surface area contributed by atoms with Gasteiger partial charge in [0.1, 0.15) is 0 Å². The molecule has 5 heteroatoms. The van der Waals surface area contributed by atoms with Crippen molar-refractivity contribution >= 4 is 0 Å². The van der Waals surface area contributed by atoms with Crippen LogP contribution in [0.3, 0.4) is 0 Å². The van der Waals surface area contributed by atoms with Gasteiger partial charge in [0.25, 0.3) is 0 Å². The van der Waals surface area contributed by atoms with Crippen LogP contribution in [0.15, 0.2) is 53.3 Å². The van der Waals surface area contributed by atoms with Crippen molar-refractivity contribution < 1.29 is 4.52 Å². The molecular weight excluding hydrogens is 264 g/mol. The lowest BCUT2D eigenvalue weighted by Gasteiger charge is -2.09. The molecule has 4 rings (SSSR count). The fourth-order valence-corrected chi connectivity index (χ4v) is 2.72. The minimum absolute atomic E-state index is 0.0191.